The molecule has 0 atom stereocenters. The quantitative estimate of drug-likeness (QED) is 0.595. The number of hydrogen-bond donors (Lipinski definition) is 2. The molecular formula is C8H14O3. The van der Waals surface area contributed by atoms with Crippen LogP contribution < -0.4 is 0 Å². The van der Waals surface area contributed by atoms with Crippen LogP contribution in [0, 0.1) is 10.8 Å². The van der Waals surface area contributed by atoms with Gasteiger partial charge in [0.05, 0.1) is 0 Å². The van der Waals surface area contributed by atoms with Crippen LogP contribution in [0.25, 0.3) is 0 Å². The lowest BCUT2D eigenvalue weighted by Crippen LogP contribution is -2.29. The molecule has 3 nitrogen and oxygen atoms in total. The van der Waals surface area contributed by atoms with Gasteiger partial charge in [-0.2, -0.15) is 0 Å². The van der Waals surface area contributed by atoms with Gasteiger partial charge in [0.15, 0.2) is 5.60 Å². The highest BCUT2D eigenvalue weighted by Crippen LogP contribution is 2.71. The third-order valence-corrected chi connectivity index (χ3v) is 3.62. The smallest absolute Gasteiger partial charge is 0.336 e. The molecule has 0 amide bonds. The van der Waals surface area contributed by atoms with Gasteiger partial charge in [0.2, 0.25) is 0 Å². The monoisotopic (exact) mass is 158 g/mol. The van der Waals surface area contributed by atoms with Crippen molar-refractivity contribution in [3.8, 4) is 0 Å². The Morgan fingerprint density at radius 3 is 1.36 bits per heavy atom. The fraction of sp³-hybridized carbons (Fsp3) is 0.875. The lowest BCUT2D eigenvalue weighted by molar-refractivity contribution is -0.153. The van der Waals surface area contributed by atoms with Crippen molar-refractivity contribution in [3.05, 3.63) is 0 Å². The zero-order chi connectivity index (χ0) is 9.08. The molecule has 0 heterocycles. The van der Waals surface area contributed by atoms with Crippen LogP contribution in [0.2, 0.25) is 0 Å². The van der Waals surface area contributed by atoms with Gasteiger partial charge in [0.1, 0.15) is 0 Å². The summed E-state index contributed by atoms with van der Waals surface area (Å²) in [6.07, 6.45) is 0. The molecule has 0 aromatic rings. The molecule has 11 heavy (non-hydrogen) atoms. The van der Waals surface area contributed by atoms with Gasteiger partial charge in [-0.3, -0.25) is 0 Å². The average Bonchev–Trinajstić information content (AvgIpc) is 2.11. The predicted octanol–water partition coefficient (Wildman–Crippen LogP) is 0.868. The van der Waals surface area contributed by atoms with Crippen molar-refractivity contribution in [2.75, 3.05) is 0 Å². The van der Waals surface area contributed by atoms with Gasteiger partial charge in [-0.15, -0.1) is 0 Å². The lowest BCUT2D eigenvalue weighted by Gasteiger charge is -2.06. The first-order chi connectivity index (χ1) is 4.69. The van der Waals surface area contributed by atoms with E-state index in [0.717, 1.165) is 0 Å². The van der Waals surface area contributed by atoms with Crippen molar-refractivity contribution >= 4 is 5.97 Å². The summed E-state index contributed by atoms with van der Waals surface area (Å²) in [5.41, 5.74) is -2.59. The van der Waals surface area contributed by atoms with Crippen LogP contribution in [0.1, 0.15) is 27.7 Å². The van der Waals surface area contributed by atoms with Crippen molar-refractivity contribution in [1.29, 1.82) is 0 Å². The third kappa shape index (κ3) is 0.562. The molecule has 1 fully saturated rings. The number of hydrogen-bond acceptors (Lipinski definition) is 2. The molecule has 1 rings (SSSR count). The second kappa shape index (κ2) is 1.61. The summed E-state index contributed by atoms with van der Waals surface area (Å²) in [4.78, 5) is 10.7. The Bertz CT molecular complexity index is 201. The predicted molar refractivity (Wildman–Crippen MR) is 40.1 cm³/mol. The number of rotatable bonds is 1. The fourth-order valence-electron chi connectivity index (χ4n) is 1.82. The van der Waals surface area contributed by atoms with Crippen LogP contribution in [0.15, 0.2) is 0 Å². The molecule has 0 aliphatic heterocycles. The van der Waals surface area contributed by atoms with Gasteiger partial charge in [-0.25, -0.2) is 4.79 Å². The maximum Gasteiger partial charge on any atom is 0.336 e. The van der Waals surface area contributed by atoms with E-state index in [1.165, 1.54) is 0 Å². The van der Waals surface area contributed by atoms with Gasteiger partial charge < -0.3 is 10.2 Å². The summed E-state index contributed by atoms with van der Waals surface area (Å²) in [5, 5.41) is 18.4. The van der Waals surface area contributed by atoms with Crippen molar-refractivity contribution < 1.29 is 15.0 Å². The summed E-state index contributed by atoms with van der Waals surface area (Å²) < 4.78 is 0. The highest BCUT2D eigenvalue weighted by atomic mass is 16.4. The van der Waals surface area contributed by atoms with Crippen molar-refractivity contribution in [1.82, 2.24) is 0 Å². The minimum Gasteiger partial charge on any atom is -0.479 e. The van der Waals surface area contributed by atoms with E-state index in [1.807, 2.05) is 0 Å². The summed E-state index contributed by atoms with van der Waals surface area (Å²) in [6.45, 7) is 7.06. The molecule has 3 heteroatoms. The Morgan fingerprint density at radius 1 is 1.09 bits per heavy atom. The number of aliphatic carboxylic acids is 1. The Balaban J connectivity index is 3.06. The largest absolute Gasteiger partial charge is 0.479 e. The van der Waals surface area contributed by atoms with Crippen LogP contribution in [-0.4, -0.2) is 21.8 Å². The van der Waals surface area contributed by atoms with E-state index in [0.29, 0.717) is 0 Å². The van der Waals surface area contributed by atoms with Gasteiger partial charge in [0, 0.05) is 10.8 Å². The van der Waals surface area contributed by atoms with Crippen LogP contribution in [0.5, 0.6) is 0 Å². The lowest BCUT2D eigenvalue weighted by atomic mass is 10.0. The van der Waals surface area contributed by atoms with Crippen LogP contribution in [0.4, 0.5) is 0 Å². The number of carboxylic acid groups (broad SMARTS) is 1. The molecule has 0 bridgehead atoms. The van der Waals surface area contributed by atoms with Crippen LogP contribution in [-0.2, 0) is 4.79 Å². The van der Waals surface area contributed by atoms with E-state index in [9.17, 15) is 9.90 Å². The Morgan fingerprint density at radius 2 is 1.36 bits per heavy atom. The highest BCUT2D eigenvalue weighted by Gasteiger charge is 2.81. The van der Waals surface area contributed by atoms with Crippen molar-refractivity contribution in [3.63, 3.8) is 0 Å². The maximum atomic E-state index is 10.7. The van der Waals surface area contributed by atoms with E-state index >= 15 is 0 Å². The fourth-order valence-corrected chi connectivity index (χ4v) is 1.82. The zero-order valence-electron chi connectivity index (χ0n) is 7.30. The van der Waals surface area contributed by atoms with Crippen molar-refractivity contribution in [2.45, 2.75) is 33.3 Å². The zero-order valence-corrected chi connectivity index (χ0v) is 7.30. The summed E-state index contributed by atoms with van der Waals surface area (Å²) >= 11 is 0. The molecule has 1 aliphatic rings. The molecule has 2 N–H and O–H groups in total. The topological polar surface area (TPSA) is 57.5 Å². The Labute approximate surface area is 66.0 Å². The van der Waals surface area contributed by atoms with E-state index in [4.69, 9.17) is 5.11 Å². The van der Waals surface area contributed by atoms with Crippen LogP contribution >= 0.6 is 0 Å². The molecule has 64 valence electrons. The van der Waals surface area contributed by atoms with E-state index < -0.39 is 22.4 Å². The minimum atomic E-state index is -1.54. The first kappa shape index (κ1) is 8.53. The highest BCUT2D eigenvalue weighted by molar-refractivity contribution is 5.85. The van der Waals surface area contributed by atoms with Gasteiger partial charge >= 0.3 is 5.97 Å². The summed E-state index contributed by atoms with van der Waals surface area (Å²) in [7, 11) is 0. The van der Waals surface area contributed by atoms with Gasteiger partial charge in [-0.1, -0.05) is 27.7 Å². The molecule has 1 saturated carbocycles. The molecule has 0 unspecified atom stereocenters. The second-order valence-corrected chi connectivity index (χ2v) is 4.27. The number of aliphatic hydroxyl groups is 1. The summed E-state index contributed by atoms with van der Waals surface area (Å²) in [6, 6.07) is 0. The molecule has 0 spiro atoms. The van der Waals surface area contributed by atoms with E-state index in [-0.39, 0.29) is 0 Å². The number of carbonyl (C=O) groups is 1. The van der Waals surface area contributed by atoms with E-state index in [2.05, 4.69) is 0 Å². The van der Waals surface area contributed by atoms with Gasteiger partial charge in [-0.05, 0) is 0 Å². The normalized spacial score (nSPS) is 29.5. The first-order valence-electron chi connectivity index (χ1n) is 3.65. The van der Waals surface area contributed by atoms with E-state index in [1.54, 1.807) is 27.7 Å². The molecular weight excluding hydrogens is 144 g/mol. The van der Waals surface area contributed by atoms with Crippen molar-refractivity contribution in [2.24, 2.45) is 10.8 Å². The average molecular weight is 158 g/mol. The molecule has 1 aliphatic carbocycles. The Kier molecular flexibility index (Phi) is 1.24. The molecule has 0 saturated heterocycles. The molecule has 0 radical (unpaired) electrons. The third-order valence-electron chi connectivity index (χ3n) is 3.62. The second-order valence-electron chi connectivity index (χ2n) is 4.27. The maximum absolute atomic E-state index is 10.7. The standard InChI is InChI=1S/C8H14O3/c1-6(2)7(3,4)8(6,11)5(9)10/h11H,1-4H3,(H,9,10). The van der Waals surface area contributed by atoms with Crippen LogP contribution in [0.3, 0.4) is 0 Å². The Hall–Kier alpha value is -0.570. The summed E-state index contributed by atoms with van der Waals surface area (Å²) in [5.74, 6) is -1.12. The number of carboxylic acids is 1. The molecule has 0 aromatic heterocycles. The first-order valence-corrected chi connectivity index (χ1v) is 3.65. The van der Waals surface area contributed by atoms with Gasteiger partial charge in [0.25, 0.3) is 0 Å². The molecule has 0 aromatic carbocycles. The SMILES string of the molecule is CC1(C)C(C)(C)C1(O)C(=O)O. The minimum absolute atomic E-state index is 0.522.